The fourth-order valence-corrected chi connectivity index (χ4v) is 2.85. The van der Waals surface area contributed by atoms with E-state index in [2.05, 4.69) is 25.6 Å². The number of nitrogens with one attached hydrogen (secondary N) is 1. The van der Waals surface area contributed by atoms with Crippen LogP contribution in [0, 0.1) is 5.82 Å². The molecule has 0 saturated carbocycles. The lowest BCUT2D eigenvalue weighted by atomic mass is 10.2. The number of aromatic nitrogens is 5. The Morgan fingerprint density at radius 1 is 1.06 bits per heavy atom. The van der Waals surface area contributed by atoms with Crippen LogP contribution in [0.5, 0.6) is 17.4 Å². The third-order valence-corrected chi connectivity index (χ3v) is 4.41. The average Bonchev–Trinajstić information content (AvgIpc) is 3.35. The number of ether oxygens (including phenoxy) is 2. The number of carbonyl (C=O) groups is 1. The summed E-state index contributed by atoms with van der Waals surface area (Å²) in [4.78, 5) is 16.8. The number of carbonyl (C=O) groups excluding carboxylic acids is 1. The maximum Gasteiger partial charge on any atom is 0.435 e. The second-order valence-corrected chi connectivity index (χ2v) is 6.69. The van der Waals surface area contributed by atoms with E-state index in [0.717, 1.165) is 12.1 Å². The normalized spacial score (nSPS) is 11.2. The second kappa shape index (κ2) is 9.13. The largest absolute Gasteiger partial charge is 0.493 e. The maximum atomic E-state index is 13.5. The molecule has 0 aliphatic heterocycles. The van der Waals surface area contributed by atoms with Crippen molar-refractivity contribution in [3.63, 3.8) is 0 Å². The molecule has 13 heteroatoms. The fraction of sp³-hybridized carbons (Fsp3) is 0.0952. The molecular weight excluding hydrogens is 460 g/mol. The zero-order chi connectivity index (χ0) is 24.3. The van der Waals surface area contributed by atoms with Crippen LogP contribution in [-0.2, 0) is 6.18 Å². The minimum atomic E-state index is -4.86. The Morgan fingerprint density at radius 3 is 2.59 bits per heavy atom. The standard InChI is InChI=1S/C21H14F4N6O3/c1-33-17-7-12(22)5-6-16(17)34-20-15(9-18(29-30-20)21(23,24)25)19(32)28-13-3-2-4-14(8-13)31-11-26-10-27-31/h2-11H,1H3,(H,28,32). The summed E-state index contributed by atoms with van der Waals surface area (Å²) in [7, 11) is 1.25. The first-order valence-corrected chi connectivity index (χ1v) is 9.47. The molecule has 2 heterocycles. The maximum absolute atomic E-state index is 13.5. The molecule has 2 aromatic carbocycles. The first-order chi connectivity index (χ1) is 16.2. The Labute approximate surface area is 189 Å². The molecule has 0 atom stereocenters. The number of amides is 1. The first-order valence-electron chi connectivity index (χ1n) is 9.47. The molecule has 4 aromatic rings. The van der Waals surface area contributed by atoms with Gasteiger partial charge in [-0.3, -0.25) is 4.79 Å². The van der Waals surface area contributed by atoms with Gasteiger partial charge in [0.15, 0.2) is 17.2 Å². The summed E-state index contributed by atoms with van der Waals surface area (Å²) in [5.74, 6) is -2.27. The van der Waals surface area contributed by atoms with Crippen LogP contribution in [-0.4, -0.2) is 38.0 Å². The molecule has 0 spiro atoms. The number of benzene rings is 2. The minimum Gasteiger partial charge on any atom is -0.493 e. The van der Waals surface area contributed by atoms with Gasteiger partial charge in [0.25, 0.3) is 11.8 Å². The molecule has 0 aliphatic carbocycles. The van der Waals surface area contributed by atoms with Gasteiger partial charge < -0.3 is 14.8 Å². The molecule has 1 amide bonds. The van der Waals surface area contributed by atoms with Crippen LogP contribution in [0.1, 0.15) is 16.1 Å². The van der Waals surface area contributed by atoms with Crippen LogP contribution in [0.15, 0.2) is 61.2 Å². The quantitative estimate of drug-likeness (QED) is 0.416. The van der Waals surface area contributed by atoms with Crippen molar-refractivity contribution in [3.8, 4) is 23.1 Å². The summed E-state index contributed by atoms with van der Waals surface area (Å²) in [6, 6.07) is 10.1. The summed E-state index contributed by atoms with van der Waals surface area (Å²) in [5.41, 5.74) is -1.15. The van der Waals surface area contributed by atoms with E-state index in [1.54, 1.807) is 12.1 Å². The molecule has 9 nitrogen and oxygen atoms in total. The zero-order valence-electron chi connectivity index (χ0n) is 17.2. The summed E-state index contributed by atoms with van der Waals surface area (Å²) in [5, 5.41) is 13.0. The molecule has 0 unspecified atom stereocenters. The van der Waals surface area contributed by atoms with Gasteiger partial charge in [0.05, 0.1) is 12.8 Å². The summed E-state index contributed by atoms with van der Waals surface area (Å²) >= 11 is 0. The number of halogens is 4. The minimum absolute atomic E-state index is 0.0615. The lowest BCUT2D eigenvalue weighted by molar-refractivity contribution is -0.141. The second-order valence-electron chi connectivity index (χ2n) is 6.69. The number of hydrogen-bond acceptors (Lipinski definition) is 7. The highest BCUT2D eigenvalue weighted by Gasteiger charge is 2.35. The summed E-state index contributed by atoms with van der Waals surface area (Å²) in [6.07, 6.45) is -2.10. The monoisotopic (exact) mass is 474 g/mol. The number of methoxy groups -OCH3 is 1. The van der Waals surface area contributed by atoms with Crippen molar-refractivity contribution in [2.45, 2.75) is 6.18 Å². The molecular formula is C21H14F4N6O3. The molecule has 174 valence electrons. The Morgan fingerprint density at radius 2 is 1.88 bits per heavy atom. The Bertz CT molecular complexity index is 1330. The highest BCUT2D eigenvalue weighted by atomic mass is 19.4. The number of hydrogen-bond donors (Lipinski definition) is 1. The van der Waals surface area contributed by atoms with Crippen LogP contribution in [0.25, 0.3) is 5.69 Å². The van der Waals surface area contributed by atoms with E-state index in [0.29, 0.717) is 11.8 Å². The summed E-state index contributed by atoms with van der Waals surface area (Å²) < 4.78 is 65.1. The predicted octanol–water partition coefficient (Wildman–Crippen LogP) is 4.27. The van der Waals surface area contributed by atoms with E-state index in [-0.39, 0.29) is 17.2 Å². The van der Waals surface area contributed by atoms with Crippen LogP contribution >= 0.6 is 0 Å². The van der Waals surface area contributed by atoms with Gasteiger partial charge in [-0.25, -0.2) is 14.1 Å². The smallest absolute Gasteiger partial charge is 0.435 e. The van der Waals surface area contributed by atoms with E-state index in [1.165, 1.54) is 42.6 Å². The molecule has 1 N–H and O–H groups in total. The number of anilines is 1. The van der Waals surface area contributed by atoms with Gasteiger partial charge >= 0.3 is 6.18 Å². The van der Waals surface area contributed by atoms with Gasteiger partial charge in [-0.1, -0.05) is 6.07 Å². The third-order valence-electron chi connectivity index (χ3n) is 4.41. The van der Waals surface area contributed by atoms with E-state index >= 15 is 0 Å². The van der Waals surface area contributed by atoms with E-state index in [4.69, 9.17) is 9.47 Å². The van der Waals surface area contributed by atoms with Gasteiger partial charge in [0.2, 0.25) is 0 Å². The average molecular weight is 474 g/mol. The highest BCUT2D eigenvalue weighted by molar-refractivity contribution is 6.06. The van der Waals surface area contributed by atoms with Crippen molar-refractivity contribution in [1.82, 2.24) is 25.0 Å². The van der Waals surface area contributed by atoms with Crippen molar-refractivity contribution in [2.75, 3.05) is 12.4 Å². The van der Waals surface area contributed by atoms with Crippen molar-refractivity contribution in [3.05, 3.63) is 78.3 Å². The van der Waals surface area contributed by atoms with Crippen molar-refractivity contribution in [2.24, 2.45) is 0 Å². The molecule has 0 bridgehead atoms. The zero-order valence-corrected chi connectivity index (χ0v) is 17.2. The van der Waals surface area contributed by atoms with Gasteiger partial charge in [-0.2, -0.15) is 18.3 Å². The Balaban J connectivity index is 1.69. The SMILES string of the molecule is COc1cc(F)ccc1Oc1nnc(C(F)(F)F)cc1C(=O)Nc1cccc(-n2cncn2)c1. The van der Waals surface area contributed by atoms with Crippen molar-refractivity contribution < 1.29 is 31.8 Å². The molecule has 4 rings (SSSR count). The van der Waals surface area contributed by atoms with Crippen molar-refractivity contribution >= 4 is 11.6 Å². The third kappa shape index (κ3) is 4.92. The van der Waals surface area contributed by atoms with Crippen molar-refractivity contribution in [1.29, 1.82) is 0 Å². The molecule has 0 saturated heterocycles. The molecule has 0 radical (unpaired) electrons. The lowest BCUT2D eigenvalue weighted by Crippen LogP contribution is -2.18. The molecule has 0 aliphatic rings. The topological polar surface area (TPSA) is 104 Å². The molecule has 34 heavy (non-hydrogen) atoms. The number of rotatable bonds is 6. The molecule has 0 fully saturated rings. The van der Waals surface area contributed by atoms with Gasteiger partial charge in [0, 0.05) is 11.8 Å². The Kier molecular flexibility index (Phi) is 6.08. The fourth-order valence-electron chi connectivity index (χ4n) is 2.85. The Hall–Kier alpha value is -4.55. The van der Waals surface area contributed by atoms with Crippen LogP contribution in [0.3, 0.4) is 0 Å². The van der Waals surface area contributed by atoms with E-state index < -0.39 is 35.0 Å². The van der Waals surface area contributed by atoms with Gasteiger partial charge in [-0.05, 0) is 36.4 Å². The highest BCUT2D eigenvalue weighted by Crippen LogP contribution is 2.35. The van der Waals surface area contributed by atoms with Gasteiger partial charge in [0.1, 0.15) is 24.0 Å². The molecule has 2 aromatic heterocycles. The van der Waals surface area contributed by atoms with Crippen LogP contribution in [0.4, 0.5) is 23.2 Å². The first kappa shape index (κ1) is 22.6. The number of alkyl halides is 3. The van der Waals surface area contributed by atoms with E-state index in [9.17, 15) is 22.4 Å². The van der Waals surface area contributed by atoms with Crippen LogP contribution < -0.4 is 14.8 Å². The predicted molar refractivity (Wildman–Crippen MR) is 109 cm³/mol. The summed E-state index contributed by atoms with van der Waals surface area (Å²) in [6.45, 7) is 0. The number of nitrogens with zero attached hydrogens (tertiary/aromatic N) is 5. The van der Waals surface area contributed by atoms with Gasteiger partial charge in [-0.15, -0.1) is 10.2 Å². The van der Waals surface area contributed by atoms with E-state index in [1.807, 2.05) is 0 Å². The lowest BCUT2D eigenvalue weighted by Gasteiger charge is -2.14. The van der Waals surface area contributed by atoms with Crippen LogP contribution in [0.2, 0.25) is 0 Å².